The van der Waals surface area contributed by atoms with Crippen LogP contribution in [0, 0.1) is 6.92 Å². The van der Waals surface area contributed by atoms with Crippen LogP contribution in [0.15, 0.2) is 57.7 Å². The Balaban J connectivity index is 1.51. The molecule has 0 saturated heterocycles. The summed E-state index contributed by atoms with van der Waals surface area (Å²) < 4.78 is 11.5. The Morgan fingerprint density at radius 3 is 2.48 bits per heavy atom. The van der Waals surface area contributed by atoms with Crippen LogP contribution in [0.1, 0.15) is 34.3 Å². The number of benzene rings is 2. The number of aryl methyl sites for hydroxylation is 2. The summed E-state index contributed by atoms with van der Waals surface area (Å²) in [6.07, 6.45) is 2.67. The average Bonchev–Trinajstić information content (AvgIpc) is 3.03. The van der Waals surface area contributed by atoms with E-state index in [1.807, 2.05) is 0 Å². The number of unbranched alkanes of at least 4 members (excludes halogenated alkanes) is 1. The van der Waals surface area contributed by atoms with Gasteiger partial charge in [-0.15, -0.1) is 0 Å². The Hall–Kier alpha value is -3.35. The molecule has 2 N–H and O–H groups in total. The molecule has 3 aromatic rings. The van der Waals surface area contributed by atoms with E-state index in [9.17, 15) is 9.59 Å². The molecule has 1 amide bonds. The van der Waals surface area contributed by atoms with Gasteiger partial charge in [0.2, 0.25) is 5.91 Å². The van der Waals surface area contributed by atoms with E-state index in [1.165, 1.54) is 23.3 Å². The first-order valence-electron chi connectivity index (χ1n) is 8.72. The molecule has 0 radical (unpaired) electrons. The monoisotopic (exact) mass is 367 g/mol. The zero-order chi connectivity index (χ0) is 19.2. The number of primary amides is 1. The van der Waals surface area contributed by atoms with Crippen molar-refractivity contribution < 1.29 is 13.9 Å². The van der Waals surface area contributed by atoms with E-state index in [0.717, 1.165) is 23.9 Å². The number of rotatable bonds is 8. The Kier molecular flexibility index (Phi) is 5.71. The number of aromatic nitrogens is 2. The molecule has 0 aliphatic heterocycles. The van der Waals surface area contributed by atoms with Gasteiger partial charge in [0, 0.05) is 5.56 Å². The van der Waals surface area contributed by atoms with Crippen molar-refractivity contribution in [1.29, 1.82) is 0 Å². The largest absolute Gasteiger partial charge is 0.449 e. The van der Waals surface area contributed by atoms with Crippen molar-refractivity contribution in [1.82, 2.24) is 9.78 Å². The van der Waals surface area contributed by atoms with E-state index in [4.69, 9.17) is 14.9 Å². The van der Waals surface area contributed by atoms with Gasteiger partial charge in [0.05, 0.1) is 12.3 Å². The molecule has 0 unspecified atom stereocenters. The lowest BCUT2D eigenvalue weighted by molar-refractivity contribution is 0.100. The van der Waals surface area contributed by atoms with E-state index in [0.29, 0.717) is 17.9 Å². The molecule has 7 heteroatoms. The van der Waals surface area contributed by atoms with Crippen molar-refractivity contribution in [2.24, 2.45) is 5.73 Å². The lowest BCUT2D eigenvalue weighted by Crippen LogP contribution is -2.14. The van der Waals surface area contributed by atoms with Crippen LogP contribution in [0.5, 0.6) is 6.08 Å². The first kappa shape index (κ1) is 18.4. The molecule has 0 saturated carbocycles. The predicted molar refractivity (Wildman–Crippen MR) is 100 cm³/mol. The van der Waals surface area contributed by atoms with E-state index in [-0.39, 0.29) is 6.08 Å². The maximum Gasteiger partial charge on any atom is 0.444 e. The maximum absolute atomic E-state index is 11.9. The van der Waals surface area contributed by atoms with Gasteiger partial charge in [0.1, 0.15) is 0 Å². The molecule has 0 spiro atoms. The van der Waals surface area contributed by atoms with Crippen molar-refractivity contribution in [3.8, 4) is 11.8 Å². The highest BCUT2D eigenvalue weighted by atomic mass is 16.6. The SMILES string of the molecule is Cc1ccc(CCCCOc2nn(-c3ccc(C(N)=O)cc3)c(=O)o2)cc1. The van der Waals surface area contributed by atoms with Crippen LogP contribution in [0.2, 0.25) is 0 Å². The van der Waals surface area contributed by atoms with Gasteiger partial charge in [-0.1, -0.05) is 34.9 Å². The summed E-state index contributed by atoms with van der Waals surface area (Å²) in [5.41, 5.74) is 8.54. The Morgan fingerprint density at radius 1 is 1.11 bits per heavy atom. The molecule has 27 heavy (non-hydrogen) atoms. The third-order valence-corrected chi connectivity index (χ3v) is 4.13. The quantitative estimate of drug-likeness (QED) is 0.617. The minimum atomic E-state index is -0.656. The standard InChI is InChI=1S/C20H21N3O4/c1-14-5-7-15(8-6-14)4-2-3-13-26-19-22-23(20(25)27-19)17-11-9-16(10-12-17)18(21)24/h5-12H,2-4,13H2,1H3,(H2,21,24). The highest BCUT2D eigenvalue weighted by Gasteiger charge is 2.11. The molecule has 0 aliphatic carbocycles. The summed E-state index contributed by atoms with van der Waals surface area (Å²) in [6, 6.07) is 14.6. The number of hydrogen-bond donors (Lipinski definition) is 1. The van der Waals surface area contributed by atoms with E-state index >= 15 is 0 Å². The van der Waals surface area contributed by atoms with Crippen LogP contribution in [-0.4, -0.2) is 22.3 Å². The van der Waals surface area contributed by atoms with Crippen molar-refractivity contribution in [3.63, 3.8) is 0 Å². The summed E-state index contributed by atoms with van der Waals surface area (Å²) in [6.45, 7) is 2.48. The minimum absolute atomic E-state index is 0.0747. The van der Waals surface area contributed by atoms with Crippen LogP contribution < -0.4 is 16.2 Å². The summed E-state index contributed by atoms with van der Waals surface area (Å²) in [4.78, 5) is 23.0. The van der Waals surface area contributed by atoms with Crippen LogP contribution in [-0.2, 0) is 6.42 Å². The molecular weight excluding hydrogens is 346 g/mol. The maximum atomic E-state index is 11.9. The van der Waals surface area contributed by atoms with Gasteiger partial charge in [-0.05, 0) is 56.0 Å². The smallest absolute Gasteiger partial charge is 0.444 e. The molecule has 0 bridgehead atoms. The van der Waals surface area contributed by atoms with Gasteiger partial charge in [0.25, 0.3) is 0 Å². The lowest BCUT2D eigenvalue weighted by atomic mass is 10.1. The predicted octanol–water partition coefficient (Wildman–Crippen LogP) is 2.63. The molecule has 1 aromatic heterocycles. The van der Waals surface area contributed by atoms with Crippen LogP contribution in [0.3, 0.4) is 0 Å². The fourth-order valence-electron chi connectivity index (χ4n) is 2.59. The summed E-state index contributed by atoms with van der Waals surface area (Å²) >= 11 is 0. The van der Waals surface area contributed by atoms with Gasteiger partial charge in [-0.3, -0.25) is 4.79 Å². The van der Waals surface area contributed by atoms with Gasteiger partial charge < -0.3 is 14.9 Å². The molecule has 0 atom stereocenters. The van der Waals surface area contributed by atoms with Gasteiger partial charge in [-0.25, -0.2) is 4.79 Å². The second-order valence-electron chi connectivity index (χ2n) is 6.25. The first-order valence-corrected chi connectivity index (χ1v) is 8.72. The van der Waals surface area contributed by atoms with E-state index in [2.05, 4.69) is 36.3 Å². The fraction of sp³-hybridized carbons (Fsp3) is 0.250. The van der Waals surface area contributed by atoms with Gasteiger partial charge in [-0.2, -0.15) is 4.68 Å². The third-order valence-electron chi connectivity index (χ3n) is 4.13. The summed E-state index contributed by atoms with van der Waals surface area (Å²) in [5, 5.41) is 4.02. The summed E-state index contributed by atoms with van der Waals surface area (Å²) in [7, 11) is 0. The highest BCUT2D eigenvalue weighted by Crippen LogP contribution is 2.11. The number of ether oxygens (including phenoxy) is 1. The number of nitrogens with two attached hydrogens (primary N) is 1. The zero-order valence-electron chi connectivity index (χ0n) is 15.1. The van der Waals surface area contributed by atoms with E-state index < -0.39 is 11.7 Å². The van der Waals surface area contributed by atoms with Gasteiger partial charge in [0.15, 0.2) is 0 Å². The molecule has 3 rings (SSSR count). The van der Waals surface area contributed by atoms with Crippen molar-refractivity contribution in [3.05, 3.63) is 75.8 Å². The molecule has 1 heterocycles. The molecule has 7 nitrogen and oxygen atoms in total. The van der Waals surface area contributed by atoms with E-state index in [1.54, 1.807) is 12.1 Å². The topological polar surface area (TPSA) is 100 Å². The Labute approximate surface area is 156 Å². The van der Waals surface area contributed by atoms with Crippen molar-refractivity contribution in [2.45, 2.75) is 26.2 Å². The van der Waals surface area contributed by atoms with Crippen molar-refractivity contribution in [2.75, 3.05) is 6.61 Å². The Morgan fingerprint density at radius 2 is 1.81 bits per heavy atom. The molecule has 140 valence electrons. The minimum Gasteiger partial charge on any atom is -0.449 e. The first-order chi connectivity index (χ1) is 13.0. The summed E-state index contributed by atoms with van der Waals surface area (Å²) in [5.74, 6) is -1.19. The van der Waals surface area contributed by atoms with Crippen LogP contribution in [0.4, 0.5) is 0 Å². The number of carbonyl (C=O) groups excluding carboxylic acids is 1. The van der Waals surface area contributed by atoms with Crippen molar-refractivity contribution >= 4 is 5.91 Å². The second-order valence-corrected chi connectivity index (χ2v) is 6.25. The van der Waals surface area contributed by atoms with Crippen LogP contribution >= 0.6 is 0 Å². The normalized spacial score (nSPS) is 10.7. The Bertz CT molecular complexity index is 956. The lowest BCUT2D eigenvalue weighted by Gasteiger charge is -2.03. The molecule has 2 aromatic carbocycles. The second kappa shape index (κ2) is 8.35. The number of carbonyl (C=O) groups is 1. The number of nitrogens with zero attached hydrogens (tertiary/aromatic N) is 2. The van der Waals surface area contributed by atoms with Crippen LogP contribution in [0.25, 0.3) is 5.69 Å². The molecule has 0 aliphatic rings. The zero-order valence-corrected chi connectivity index (χ0v) is 15.1. The fourth-order valence-corrected chi connectivity index (χ4v) is 2.59. The van der Waals surface area contributed by atoms with Gasteiger partial charge >= 0.3 is 11.8 Å². The molecule has 0 fully saturated rings. The third kappa shape index (κ3) is 4.84. The molecular formula is C20H21N3O4. The average molecular weight is 367 g/mol. The number of amides is 1. The number of hydrogen-bond acceptors (Lipinski definition) is 5. The highest BCUT2D eigenvalue weighted by molar-refractivity contribution is 5.92.